The van der Waals surface area contributed by atoms with Crippen molar-refractivity contribution in [1.82, 2.24) is 20.1 Å². The Labute approximate surface area is 199 Å². The van der Waals surface area contributed by atoms with Crippen molar-refractivity contribution >= 4 is 17.7 Å². The predicted octanol–water partition coefficient (Wildman–Crippen LogP) is 3.70. The highest BCUT2D eigenvalue weighted by Gasteiger charge is 2.31. The molecule has 3 aromatic rings. The van der Waals surface area contributed by atoms with Crippen LogP contribution in [0.5, 0.6) is 0 Å². The minimum absolute atomic E-state index is 0.0639. The molecule has 184 valence electrons. The summed E-state index contributed by atoms with van der Waals surface area (Å²) in [7, 11) is 0. The lowest BCUT2D eigenvalue weighted by Gasteiger charge is -2.08. The number of esters is 1. The van der Waals surface area contributed by atoms with E-state index in [4.69, 9.17) is 4.74 Å². The minimum atomic E-state index is -4.51. The molecule has 0 fully saturated rings. The number of carbonyl (C=O) groups excluding carboxylic acids is 3. The fourth-order valence-corrected chi connectivity index (χ4v) is 3.23. The summed E-state index contributed by atoms with van der Waals surface area (Å²) < 4.78 is 44.5. The van der Waals surface area contributed by atoms with Crippen molar-refractivity contribution in [3.8, 4) is 5.82 Å². The van der Waals surface area contributed by atoms with Crippen LogP contribution in [0, 0.1) is 6.92 Å². The van der Waals surface area contributed by atoms with Crippen molar-refractivity contribution in [1.29, 1.82) is 0 Å². The van der Waals surface area contributed by atoms with Crippen LogP contribution < -0.4 is 5.32 Å². The highest BCUT2D eigenvalue weighted by atomic mass is 19.4. The van der Waals surface area contributed by atoms with Crippen LogP contribution in [0.15, 0.2) is 48.8 Å². The van der Waals surface area contributed by atoms with Crippen LogP contribution in [0.2, 0.25) is 0 Å². The van der Waals surface area contributed by atoms with Crippen molar-refractivity contribution in [2.24, 2.45) is 0 Å². The van der Waals surface area contributed by atoms with Gasteiger partial charge in [-0.2, -0.15) is 18.3 Å². The Morgan fingerprint density at radius 3 is 2.37 bits per heavy atom. The van der Waals surface area contributed by atoms with Crippen molar-refractivity contribution in [2.45, 2.75) is 32.9 Å². The number of Topliss-reactive ketones (excluding diaryl/α,β-unsaturated/α-hetero) is 1. The first-order chi connectivity index (χ1) is 16.6. The Morgan fingerprint density at radius 1 is 1.06 bits per heavy atom. The fraction of sp³-hybridized carbons (Fsp3) is 0.292. The van der Waals surface area contributed by atoms with E-state index >= 15 is 0 Å². The van der Waals surface area contributed by atoms with E-state index in [1.54, 1.807) is 24.3 Å². The van der Waals surface area contributed by atoms with E-state index in [2.05, 4.69) is 15.4 Å². The molecule has 1 aromatic carbocycles. The number of alkyl halides is 3. The van der Waals surface area contributed by atoms with Crippen LogP contribution in [0.1, 0.15) is 50.9 Å². The lowest BCUT2D eigenvalue weighted by atomic mass is 10.1. The Kier molecular flexibility index (Phi) is 8.00. The summed E-state index contributed by atoms with van der Waals surface area (Å²) in [5.41, 5.74) is 0.850. The molecular weight excluding hydrogens is 465 g/mol. The summed E-state index contributed by atoms with van der Waals surface area (Å²) >= 11 is 0. The maximum Gasteiger partial charge on any atom is 0.417 e. The Morgan fingerprint density at radius 2 is 1.77 bits per heavy atom. The van der Waals surface area contributed by atoms with E-state index < -0.39 is 30.1 Å². The molecule has 8 nitrogen and oxygen atoms in total. The highest BCUT2D eigenvalue weighted by molar-refractivity contribution is 5.99. The van der Waals surface area contributed by atoms with Gasteiger partial charge in [-0.3, -0.25) is 9.59 Å². The highest BCUT2D eigenvalue weighted by Crippen LogP contribution is 2.28. The quantitative estimate of drug-likeness (QED) is 0.280. The summed E-state index contributed by atoms with van der Waals surface area (Å²) in [6.07, 6.45) is -1.13. The summed E-state index contributed by atoms with van der Waals surface area (Å²) in [5, 5.41) is 6.71. The third-order valence-electron chi connectivity index (χ3n) is 5.15. The molecule has 11 heteroatoms. The topological polar surface area (TPSA) is 103 Å². The number of halogens is 3. The molecule has 1 amide bonds. The zero-order valence-electron chi connectivity index (χ0n) is 19.1. The lowest BCUT2D eigenvalue weighted by molar-refractivity contribution is -0.137. The molecule has 0 aliphatic heterocycles. The predicted molar refractivity (Wildman–Crippen MR) is 119 cm³/mol. The normalized spacial score (nSPS) is 11.2. The van der Waals surface area contributed by atoms with E-state index in [1.807, 2.05) is 0 Å². The Balaban J connectivity index is 1.56. The summed E-state index contributed by atoms with van der Waals surface area (Å²) in [5.74, 6) is -1.16. The van der Waals surface area contributed by atoms with Gasteiger partial charge in [-0.15, -0.1) is 0 Å². The smallest absolute Gasteiger partial charge is 0.417 e. The molecule has 0 atom stereocenters. The SMILES string of the molecule is CC(=O)NCCCc1ccc(C(=O)COC(=O)c2cnn(-c3ccc(C(F)(F)F)cn3)c2C)cc1. The second-order valence-corrected chi connectivity index (χ2v) is 7.74. The standard InChI is InChI=1S/C24H23F3N4O4/c1-15-20(13-30-31(15)22-10-9-19(12-29-22)24(25,26)27)23(34)35-14-21(33)18-7-5-17(6-8-18)4-3-11-28-16(2)32/h5-10,12-13H,3-4,11,14H2,1-2H3,(H,28,32). The molecule has 0 radical (unpaired) electrons. The Hall–Kier alpha value is -4.02. The molecule has 35 heavy (non-hydrogen) atoms. The number of ketones is 1. The first-order valence-corrected chi connectivity index (χ1v) is 10.7. The number of benzene rings is 1. The average Bonchev–Trinajstić information content (AvgIpc) is 3.21. The monoisotopic (exact) mass is 488 g/mol. The van der Waals surface area contributed by atoms with Crippen LogP contribution in [0.25, 0.3) is 5.82 Å². The van der Waals surface area contributed by atoms with Gasteiger partial charge in [-0.1, -0.05) is 24.3 Å². The first kappa shape index (κ1) is 25.6. The number of carbonyl (C=O) groups is 3. The van der Waals surface area contributed by atoms with Crippen LogP contribution in [-0.2, 0) is 22.1 Å². The average molecular weight is 488 g/mol. The van der Waals surface area contributed by atoms with Gasteiger partial charge in [0.1, 0.15) is 5.56 Å². The maximum atomic E-state index is 12.7. The second kappa shape index (κ2) is 10.9. The van der Waals surface area contributed by atoms with Gasteiger partial charge in [0.15, 0.2) is 18.2 Å². The number of hydrogen-bond acceptors (Lipinski definition) is 6. The number of pyridine rings is 1. The van der Waals surface area contributed by atoms with Gasteiger partial charge in [0.2, 0.25) is 5.91 Å². The summed E-state index contributed by atoms with van der Waals surface area (Å²) in [6.45, 7) is 3.08. The molecule has 0 aliphatic carbocycles. The third-order valence-corrected chi connectivity index (χ3v) is 5.15. The van der Waals surface area contributed by atoms with Gasteiger partial charge in [0.05, 0.1) is 17.5 Å². The Bertz CT molecular complexity index is 1200. The van der Waals surface area contributed by atoms with Gasteiger partial charge in [0.25, 0.3) is 0 Å². The van der Waals surface area contributed by atoms with Crippen molar-refractivity contribution in [2.75, 3.05) is 13.2 Å². The summed E-state index contributed by atoms with van der Waals surface area (Å²) in [6, 6.07) is 8.90. The molecule has 0 bridgehead atoms. The molecule has 0 spiro atoms. The number of hydrogen-bond donors (Lipinski definition) is 1. The van der Waals surface area contributed by atoms with Gasteiger partial charge in [0, 0.05) is 25.2 Å². The number of rotatable bonds is 9. The zero-order chi connectivity index (χ0) is 25.6. The number of nitrogens with zero attached hydrogens (tertiary/aromatic N) is 3. The number of ether oxygens (including phenoxy) is 1. The van der Waals surface area contributed by atoms with Crippen molar-refractivity contribution in [3.63, 3.8) is 0 Å². The van der Waals surface area contributed by atoms with Crippen LogP contribution in [0.3, 0.4) is 0 Å². The molecule has 0 saturated heterocycles. The van der Waals surface area contributed by atoms with Gasteiger partial charge in [-0.25, -0.2) is 14.5 Å². The molecule has 0 unspecified atom stereocenters. The lowest BCUT2D eigenvalue weighted by Crippen LogP contribution is -2.21. The fourth-order valence-electron chi connectivity index (χ4n) is 3.23. The van der Waals surface area contributed by atoms with Crippen LogP contribution in [-0.4, -0.2) is 45.6 Å². The molecule has 2 heterocycles. The second-order valence-electron chi connectivity index (χ2n) is 7.74. The number of aromatic nitrogens is 3. The molecule has 2 aromatic heterocycles. The minimum Gasteiger partial charge on any atom is -0.454 e. The first-order valence-electron chi connectivity index (χ1n) is 10.7. The maximum absolute atomic E-state index is 12.7. The number of nitrogens with one attached hydrogen (secondary N) is 1. The van der Waals surface area contributed by atoms with E-state index in [-0.39, 0.29) is 17.3 Å². The van der Waals surface area contributed by atoms with Crippen molar-refractivity contribution in [3.05, 3.63) is 76.7 Å². The van der Waals surface area contributed by atoms with Crippen molar-refractivity contribution < 1.29 is 32.3 Å². The largest absolute Gasteiger partial charge is 0.454 e. The van der Waals surface area contributed by atoms with E-state index in [0.29, 0.717) is 24.0 Å². The van der Waals surface area contributed by atoms with Crippen LogP contribution in [0.4, 0.5) is 13.2 Å². The molecule has 3 rings (SSSR count). The molecule has 0 saturated carbocycles. The van der Waals surface area contributed by atoms with Gasteiger partial charge in [-0.05, 0) is 37.5 Å². The zero-order valence-corrected chi connectivity index (χ0v) is 19.1. The van der Waals surface area contributed by atoms with Gasteiger partial charge < -0.3 is 10.1 Å². The third kappa shape index (κ3) is 6.75. The molecular formula is C24H23F3N4O4. The molecule has 1 N–H and O–H groups in total. The van der Waals surface area contributed by atoms with Crippen LogP contribution >= 0.6 is 0 Å². The van der Waals surface area contributed by atoms with Gasteiger partial charge >= 0.3 is 12.1 Å². The molecule has 0 aliphatic rings. The van der Waals surface area contributed by atoms with E-state index in [1.165, 1.54) is 24.7 Å². The number of amides is 1. The number of aryl methyl sites for hydroxylation is 1. The van der Waals surface area contributed by atoms with E-state index in [9.17, 15) is 27.6 Å². The summed E-state index contributed by atoms with van der Waals surface area (Å²) in [4.78, 5) is 39.5. The van der Waals surface area contributed by atoms with E-state index in [0.717, 1.165) is 30.5 Å².